The smallest absolute Gasteiger partial charge is 0.335 e. The van der Waals surface area contributed by atoms with E-state index < -0.39 is 11.9 Å². The number of carbonyl (C=O) groups is 2. The molecule has 0 unspecified atom stereocenters. The number of rotatable bonds is 4. The summed E-state index contributed by atoms with van der Waals surface area (Å²) in [5.74, 6) is -2.00. The molecular weight excluding hydrogens is 311 g/mol. The highest BCUT2D eigenvalue weighted by molar-refractivity contribution is 14.1. The van der Waals surface area contributed by atoms with Crippen LogP contribution in [-0.4, -0.2) is 22.2 Å². The van der Waals surface area contributed by atoms with Crippen LogP contribution < -0.4 is 0 Å². The molecule has 5 heteroatoms. The van der Waals surface area contributed by atoms with Gasteiger partial charge < -0.3 is 10.2 Å². The highest BCUT2D eigenvalue weighted by Crippen LogP contribution is 2.16. The van der Waals surface area contributed by atoms with E-state index in [-0.39, 0.29) is 12.0 Å². The van der Waals surface area contributed by atoms with Crippen molar-refractivity contribution in [3.8, 4) is 0 Å². The Kier molecular flexibility index (Phi) is 4.07. The molecule has 1 aromatic carbocycles. The van der Waals surface area contributed by atoms with Gasteiger partial charge >= 0.3 is 11.9 Å². The fraction of sp³-hybridized carbons (Fsp3) is 0.200. The van der Waals surface area contributed by atoms with Gasteiger partial charge in [0.25, 0.3) is 0 Å². The normalized spacial score (nSPS) is 9.93. The van der Waals surface area contributed by atoms with Crippen molar-refractivity contribution >= 4 is 34.5 Å². The minimum absolute atomic E-state index is 0.125. The van der Waals surface area contributed by atoms with Crippen molar-refractivity contribution in [2.75, 3.05) is 0 Å². The fourth-order valence-electron chi connectivity index (χ4n) is 1.22. The number of alkyl halides is 1. The van der Waals surface area contributed by atoms with Gasteiger partial charge in [0.15, 0.2) is 0 Å². The van der Waals surface area contributed by atoms with E-state index in [2.05, 4.69) is 22.6 Å². The molecule has 0 aromatic heterocycles. The lowest BCUT2D eigenvalue weighted by Crippen LogP contribution is -2.05. The SMILES string of the molecule is O=C(O)Cc1cc(C(=O)O)ccc1CI. The van der Waals surface area contributed by atoms with Crippen LogP contribution in [-0.2, 0) is 15.6 Å². The van der Waals surface area contributed by atoms with Gasteiger partial charge in [0.05, 0.1) is 12.0 Å². The van der Waals surface area contributed by atoms with Crippen LogP contribution in [0.1, 0.15) is 21.5 Å². The molecule has 0 aliphatic carbocycles. The van der Waals surface area contributed by atoms with Crippen LogP contribution in [0, 0.1) is 0 Å². The zero-order valence-corrected chi connectivity index (χ0v) is 9.89. The number of aromatic carboxylic acids is 1. The summed E-state index contributed by atoms with van der Waals surface area (Å²) in [5, 5.41) is 17.4. The molecule has 2 N–H and O–H groups in total. The van der Waals surface area contributed by atoms with Crippen LogP contribution in [0.25, 0.3) is 0 Å². The first-order valence-corrected chi connectivity index (χ1v) is 5.70. The Morgan fingerprint density at radius 2 is 1.87 bits per heavy atom. The van der Waals surface area contributed by atoms with Gasteiger partial charge in [0.1, 0.15) is 0 Å². The fourth-order valence-corrected chi connectivity index (χ4v) is 1.96. The maximum Gasteiger partial charge on any atom is 0.335 e. The number of benzene rings is 1. The van der Waals surface area contributed by atoms with E-state index in [9.17, 15) is 9.59 Å². The average molecular weight is 320 g/mol. The number of aliphatic carboxylic acids is 1. The lowest BCUT2D eigenvalue weighted by Gasteiger charge is -2.05. The van der Waals surface area contributed by atoms with Gasteiger partial charge in [0, 0.05) is 4.43 Å². The van der Waals surface area contributed by atoms with Crippen molar-refractivity contribution in [3.63, 3.8) is 0 Å². The van der Waals surface area contributed by atoms with E-state index in [0.29, 0.717) is 9.99 Å². The van der Waals surface area contributed by atoms with Crippen LogP contribution in [0.3, 0.4) is 0 Å². The van der Waals surface area contributed by atoms with Gasteiger partial charge in [-0.3, -0.25) is 4.79 Å². The Labute approximate surface area is 100 Å². The Morgan fingerprint density at radius 1 is 1.20 bits per heavy atom. The number of carboxylic acid groups (broad SMARTS) is 2. The summed E-state index contributed by atoms with van der Waals surface area (Å²) < 4.78 is 0.667. The first-order valence-electron chi connectivity index (χ1n) is 4.17. The molecule has 0 saturated carbocycles. The predicted molar refractivity (Wildman–Crippen MR) is 62.5 cm³/mol. The highest BCUT2D eigenvalue weighted by atomic mass is 127. The molecule has 0 amide bonds. The summed E-state index contributed by atoms with van der Waals surface area (Å²) in [6.45, 7) is 0. The summed E-state index contributed by atoms with van der Waals surface area (Å²) in [6, 6.07) is 4.57. The third-order valence-corrected chi connectivity index (χ3v) is 2.76. The minimum atomic E-state index is -1.04. The predicted octanol–water partition coefficient (Wildman–Crippen LogP) is 1.95. The van der Waals surface area contributed by atoms with E-state index in [4.69, 9.17) is 10.2 Å². The molecule has 0 radical (unpaired) electrons. The van der Waals surface area contributed by atoms with E-state index in [1.54, 1.807) is 6.07 Å². The zero-order valence-electron chi connectivity index (χ0n) is 7.74. The Bertz CT molecular complexity index is 400. The molecule has 15 heavy (non-hydrogen) atoms. The van der Waals surface area contributed by atoms with Crippen LogP contribution in [0.4, 0.5) is 0 Å². The quantitative estimate of drug-likeness (QED) is 0.657. The Hall–Kier alpha value is -1.11. The molecule has 0 saturated heterocycles. The summed E-state index contributed by atoms with van der Waals surface area (Å²) in [6.07, 6.45) is -0.139. The minimum Gasteiger partial charge on any atom is -0.481 e. The highest BCUT2D eigenvalue weighted by Gasteiger charge is 2.10. The monoisotopic (exact) mass is 320 g/mol. The molecule has 4 nitrogen and oxygen atoms in total. The summed E-state index contributed by atoms with van der Waals surface area (Å²) in [4.78, 5) is 21.3. The van der Waals surface area contributed by atoms with E-state index in [0.717, 1.165) is 5.56 Å². The molecule has 0 fully saturated rings. The maximum absolute atomic E-state index is 10.7. The molecular formula is C10H9IO4. The van der Waals surface area contributed by atoms with E-state index >= 15 is 0 Å². The molecule has 0 atom stereocenters. The Balaban J connectivity index is 3.12. The van der Waals surface area contributed by atoms with Gasteiger partial charge in [0.2, 0.25) is 0 Å². The Morgan fingerprint density at radius 3 is 2.33 bits per heavy atom. The number of hydrogen-bond acceptors (Lipinski definition) is 2. The van der Waals surface area contributed by atoms with Gasteiger partial charge in [-0.1, -0.05) is 28.7 Å². The molecule has 0 bridgehead atoms. The second kappa shape index (κ2) is 5.11. The van der Waals surface area contributed by atoms with Crippen molar-refractivity contribution in [3.05, 3.63) is 34.9 Å². The van der Waals surface area contributed by atoms with Gasteiger partial charge in [-0.2, -0.15) is 0 Å². The standard InChI is InChI=1S/C10H9IO4/c11-5-7-2-1-6(10(14)15)3-8(7)4-9(12)13/h1-3H,4-5H2,(H,12,13)(H,14,15). The summed E-state index contributed by atoms with van der Waals surface area (Å²) in [5.41, 5.74) is 1.56. The summed E-state index contributed by atoms with van der Waals surface area (Å²) >= 11 is 2.11. The van der Waals surface area contributed by atoms with E-state index in [1.807, 2.05) is 0 Å². The third-order valence-electron chi connectivity index (χ3n) is 1.94. The molecule has 1 aromatic rings. The van der Waals surface area contributed by atoms with Crippen molar-refractivity contribution < 1.29 is 19.8 Å². The van der Waals surface area contributed by atoms with Crippen molar-refractivity contribution in [1.82, 2.24) is 0 Å². The van der Waals surface area contributed by atoms with Crippen molar-refractivity contribution in [1.29, 1.82) is 0 Å². The van der Waals surface area contributed by atoms with Crippen molar-refractivity contribution in [2.45, 2.75) is 10.8 Å². The van der Waals surface area contributed by atoms with Crippen LogP contribution >= 0.6 is 22.6 Å². The van der Waals surface area contributed by atoms with E-state index in [1.165, 1.54) is 12.1 Å². The number of hydrogen-bond donors (Lipinski definition) is 2. The second-order valence-corrected chi connectivity index (χ2v) is 3.76. The van der Waals surface area contributed by atoms with Crippen LogP contribution in [0.15, 0.2) is 18.2 Å². The van der Waals surface area contributed by atoms with Crippen LogP contribution in [0.5, 0.6) is 0 Å². The largest absolute Gasteiger partial charge is 0.481 e. The second-order valence-electron chi connectivity index (χ2n) is 2.99. The van der Waals surface area contributed by atoms with Gasteiger partial charge in [-0.05, 0) is 23.3 Å². The molecule has 1 rings (SSSR count). The zero-order chi connectivity index (χ0) is 11.4. The molecule has 80 valence electrons. The maximum atomic E-state index is 10.7. The summed E-state index contributed by atoms with van der Waals surface area (Å²) in [7, 11) is 0. The molecule has 0 heterocycles. The first kappa shape index (κ1) is 12.0. The number of carboxylic acids is 2. The number of halogens is 1. The van der Waals surface area contributed by atoms with Gasteiger partial charge in [-0.15, -0.1) is 0 Å². The topological polar surface area (TPSA) is 74.6 Å². The molecule has 0 spiro atoms. The van der Waals surface area contributed by atoms with Crippen LogP contribution in [0.2, 0.25) is 0 Å². The lowest BCUT2D eigenvalue weighted by molar-refractivity contribution is -0.136. The van der Waals surface area contributed by atoms with Gasteiger partial charge in [-0.25, -0.2) is 4.79 Å². The first-order chi connectivity index (χ1) is 7.04. The molecule has 0 aliphatic heterocycles. The molecule has 0 aliphatic rings. The third kappa shape index (κ3) is 3.19. The van der Waals surface area contributed by atoms with Crippen molar-refractivity contribution in [2.24, 2.45) is 0 Å². The lowest BCUT2D eigenvalue weighted by atomic mass is 10.0. The average Bonchev–Trinajstić information content (AvgIpc) is 2.16.